The molecule has 0 atom stereocenters. The minimum atomic E-state index is -0.895. The number of carbonyl (C=O) groups is 4. The Bertz CT molecular complexity index is 1900. The Morgan fingerprint density at radius 1 is 0.977 bits per heavy atom. The van der Waals surface area contributed by atoms with Gasteiger partial charge in [0, 0.05) is 83.6 Å². The minimum Gasteiger partial charge on any atom is -0.365 e. The number of carbonyl (C=O) groups excluding carboxylic acids is 4. The van der Waals surface area contributed by atoms with Crippen LogP contribution in [0.15, 0.2) is 53.9 Å². The molecule has 7 N–H and O–H groups in total. The molecule has 43 heavy (non-hydrogen) atoms. The Morgan fingerprint density at radius 2 is 1.60 bits per heavy atom. The first kappa shape index (κ1) is 28.5. The number of hydrazone groups is 1. The molecule has 0 radical (unpaired) electrons. The quantitative estimate of drug-likeness (QED) is 0.0425. The monoisotopic (exact) mass is 585 g/mol. The Hall–Kier alpha value is -5.99. The summed E-state index contributed by atoms with van der Waals surface area (Å²) in [6.45, 7) is 3.47. The number of nitrogens with zero attached hydrogens (tertiary/aromatic N) is 3. The molecular formula is C28H27N9O6. The summed E-state index contributed by atoms with van der Waals surface area (Å²) in [5, 5.41) is 24.4. The van der Waals surface area contributed by atoms with Gasteiger partial charge in [-0.3, -0.25) is 24.5 Å². The van der Waals surface area contributed by atoms with Crippen molar-refractivity contribution in [2.75, 3.05) is 17.2 Å². The van der Waals surface area contributed by atoms with Crippen LogP contribution in [-0.4, -0.2) is 50.7 Å². The molecule has 0 aliphatic carbocycles. The van der Waals surface area contributed by atoms with Crippen molar-refractivity contribution in [1.29, 1.82) is 0 Å². The molecule has 15 nitrogen and oxygen atoms in total. The van der Waals surface area contributed by atoms with Crippen LogP contribution in [0.2, 0.25) is 0 Å². The van der Waals surface area contributed by atoms with E-state index >= 15 is 0 Å². The number of nitrogens with one attached hydrogen (secondary N) is 5. The standard InChI is InChI=1S/C28H27N9O6/c1-14(38)32-16-4-6-22-18(10-16)20(12-31-22)24-25(27(41)34-26(24)40)21-13-36(9-3-8-30-28(29)35-37(42)43)23-7-5-17(11-19(21)23)33-15(2)39/h4-7,10-13,31H,3,8-9H2,1-2H3,(H,32,38)(H,33,39)(H3,29,30,35)(H,34,40,41). The van der Waals surface area contributed by atoms with E-state index < -0.39 is 16.8 Å². The van der Waals surface area contributed by atoms with Crippen LogP contribution >= 0.6 is 0 Å². The number of hydrogen-bond acceptors (Lipinski definition) is 6. The van der Waals surface area contributed by atoms with Crippen LogP contribution in [0.1, 0.15) is 31.4 Å². The van der Waals surface area contributed by atoms with Gasteiger partial charge < -0.3 is 31.2 Å². The van der Waals surface area contributed by atoms with Gasteiger partial charge in [0.15, 0.2) is 5.03 Å². The van der Waals surface area contributed by atoms with E-state index in [4.69, 9.17) is 5.73 Å². The fourth-order valence-electron chi connectivity index (χ4n) is 5.13. The second-order valence-corrected chi connectivity index (χ2v) is 9.83. The zero-order valence-corrected chi connectivity index (χ0v) is 23.1. The van der Waals surface area contributed by atoms with Gasteiger partial charge in [-0.25, -0.2) is 10.1 Å². The Kier molecular flexibility index (Phi) is 7.62. The summed E-state index contributed by atoms with van der Waals surface area (Å²) in [6, 6.07) is 10.5. The number of anilines is 2. The molecule has 0 fully saturated rings. The highest BCUT2D eigenvalue weighted by molar-refractivity contribution is 6.50. The van der Waals surface area contributed by atoms with Crippen LogP contribution in [0.4, 0.5) is 11.4 Å². The van der Waals surface area contributed by atoms with Gasteiger partial charge in [0.25, 0.3) is 17.8 Å². The van der Waals surface area contributed by atoms with Crippen molar-refractivity contribution in [2.24, 2.45) is 10.8 Å². The number of aromatic amines is 1. The van der Waals surface area contributed by atoms with Crippen molar-refractivity contribution >= 4 is 73.9 Å². The van der Waals surface area contributed by atoms with Crippen molar-refractivity contribution in [3.63, 3.8) is 0 Å². The van der Waals surface area contributed by atoms with E-state index in [1.807, 2.05) is 4.57 Å². The predicted octanol–water partition coefficient (Wildman–Crippen LogP) is 2.09. The fourth-order valence-corrected chi connectivity index (χ4v) is 5.13. The Labute approximate surface area is 243 Å². The number of H-pyrrole nitrogens is 1. The van der Waals surface area contributed by atoms with Crippen molar-refractivity contribution in [1.82, 2.24) is 20.2 Å². The number of benzene rings is 2. The van der Waals surface area contributed by atoms with Crippen LogP contribution in [-0.2, 0) is 25.7 Å². The number of aryl methyl sites for hydroxylation is 1. The lowest BCUT2D eigenvalue weighted by Gasteiger charge is -2.07. The van der Waals surface area contributed by atoms with Crippen molar-refractivity contribution in [3.8, 4) is 0 Å². The zero-order valence-electron chi connectivity index (χ0n) is 23.1. The highest BCUT2D eigenvalue weighted by Crippen LogP contribution is 2.39. The highest BCUT2D eigenvalue weighted by atomic mass is 16.7. The molecule has 0 unspecified atom stereocenters. The molecule has 15 heteroatoms. The molecule has 5 rings (SSSR count). The summed E-state index contributed by atoms with van der Waals surface area (Å²) in [6.07, 6.45) is 3.87. The number of aromatic nitrogens is 2. The average molecular weight is 586 g/mol. The first-order valence-electron chi connectivity index (χ1n) is 13.1. The van der Waals surface area contributed by atoms with Gasteiger partial charge in [0.1, 0.15) is 5.10 Å². The van der Waals surface area contributed by atoms with Gasteiger partial charge in [-0.15, -0.1) is 0 Å². The number of fused-ring (bicyclic) bond motifs is 2. The molecular weight excluding hydrogens is 558 g/mol. The topological polar surface area (TPSA) is 219 Å². The first-order valence-corrected chi connectivity index (χ1v) is 13.1. The van der Waals surface area contributed by atoms with Crippen LogP contribution in [0.5, 0.6) is 0 Å². The van der Waals surface area contributed by atoms with Gasteiger partial charge >= 0.3 is 0 Å². The Morgan fingerprint density at radius 3 is 2.26 bits per heavy atom. The fraction of sp³-hybridized carbons (Fsp3) is 0.179. The third-order valence-corrected chi connectivity index (χ3v) is 6.74. The number of nitrogens with two attached hydrogens (primary N) is 1. The smallest absolute Gasteiger partial charge is 0.266 e. The number of rotatable bonds is 9. The second kappa shape index (κ2) is 11.5. The van der Waals surface area contributed by atoms with E-state index in [0.717, 1.165) is 5.52 Å². The summed E-state index contributed by atoms with van der Waals surface area (Å²) >= 11 is 0. The molecule has 4 aromatic rings. The van der Waals surface area contributed by atoms with E-state index in [2.05, 4.69) is 31.4 Å². The maximum atomic E-state index is 13.4. The normalized spacial score (nSPS) is 13.5. The number of imide groups is 1. The predicted molar refractivity (Wildman–Crippen MR) is 160 cm³/mol. The molecule has 0 bridgehead atoms. The van der Waals surface area contributed by atoms with Gasteiger partial charge in [-0.2, -0.15) is 0 Å². The van der Waals surface area contributed by atoms with E-state index in [0.29, 0.717) is 51.8 Å². The number of guanidine groups is 1. The largest absolute Gasteiger partial charge is 0.365 e. The zero-order chi connectivity index (χ0) is 30.8. The molecule has 220 valence electrons. The molecule has 0 saturated carbocycles. The minimum absolute atomic E-state index is 0.153. The van der Waals surface area contributed by atoms with E-state index in [-0.39, 0.29) is 35.5 Å². The van der Waals surface area contributed by atoms with Crippen LogP contribution in [0.25, 0.3) is 33.0 Å². The van der Waals surface area contributed by atoms with Crippen LogP contribution in [0.3, 0.4) is 0 Å². The highest BCUT2D eigenvalue weighted by Gasteiger charge is 2.35. The summed E-state index contributed by atoms with van der Waals surface area (Å²) in [5.74, 6) is -2.01. The molecule has 1 aliphatic heterocycles. The number of amides is 4. The van der Waals surface area contributed by atoms with E-state index in [1.165, 1.54) is 13.8 Å². The van der Waals surface area contributed by atoms with Gasteiger partial charge in [0.05, 0.1) is 11.1 Å². The van der Waals surface area contributed by atoms with Crippen LogP contribution < -0.4 is 27.0 Å². The maximum absolute atomic E-state index is 13.4. The van der Waals surface area contributed by atoms with Crippen LogP contribution in [0, 0.1) is 10.1 Å². The number of hydrogen-bond donors (Lipinski definition) is 6. The van der Waals surface area contributed by atoms with Crippen molar-refractivity contribution in [3.05, 3.63) is 70.0 Å². The number of nitro groups is 1. The lowest BCUT2D eigenvalue weighted by molar-refractivity contribution is -0.485. The first-order chi connectivity index (χ1) is 20.5. The maximum Gasteiger partial charge on any atom is 0.266 e. The Balaban J connectivity index is 1.62. The van der Waals surface area contributed by atoms with Crippen molar-refractivity contribution in [2.45, 2.75) is 26.8 Å². The third kappa shape index (κ3) is 5.90. The molecule has 2 aromatic carbocycles. The molecule has 2 aromatic heterocycles. The molecule has 4 amide bonds. The van der Waals surface area contributed by atoms with E-state index in [1.54, 1.807) is 48.8 Å². The lowest BCUT2D eigenvalue weighted by Crippen LogP contribution is -2.33. The lowest BCUT2D eigenvalue weighted by atomic mass is 9.95. The van der Waals surface area contributed by atoms with Gasteiger partial charge in [0.2, 0.25) is 11.8 Å². The van der Waals surface area contributed by atoms with Gasteiger partial charge in [-0.1, -0.05) is 0 Å². The average Bonchev–Trinajstić information content (AvgIpc) is 3.57. The second-order valence-electron chi connectivity index (χ2n) is 9.83. The SMILES string of the molecule is CC(=O)Nc1ccc2[nH]cc(C3=C(c4cn(CCCNC(N)=N[N+](=O)[O-])c5ccc(NC(C)=O)cc45)C(=O)NC3=O)c2c1. The molecule has 0 saturated heterocycles. The van der Waals surface area contributed by atoms with Crippen molar-refractivity contribution < 1.29 is 24.2 Å². The third-order valence-electron chi connectivity index (χ3n) is 6.74. The molecule has 0 spiro atoms. The summed E-state index contributed by atoms with van der Waals surface area (Å²) < 4.78 is 1.88. The summed E-state index contributed by atoms with van der Waals surface area (Å²) in [7, 11) is 0. The van der Waals surface area contributed by atoms with E-state index in [9.17, 15) is 29.3 Å². The summed E-state index contributed by atoms with van der Waals surface area (Å²) in [5.41, 5.74) is 9.21. The van der Waals surface area contributed by atoms with Gasteiger partial charge in [-0.05, 0) is 42.8 Å². The molecule has 3 heterocycles. The molecule has 1 aliphatic rings. The summed E-state index contributed by atoms with van der Waals surface area (Å²) in [4.78, 5) is 63.7.